The second-order valence-electron chi connectivity index (χ2n) is 6.51. The number of hydrogen-bond donors (Lipinski definition) is 2. The molecular weight excluding hydrogens is 306 g/mol. The van der Waals surface area contributed by atoms with Crippen molar-refractivity contribution in [2.75, 3.05) is 26.2 Å². The van der Waals surface area contributed by atoms with Crippen LogP contribution in [0.5, 0.6) is 0 Å². The first-order valence-electron chi connectivity index (χ1n) is 8.05. The van der Waals surface area contributed by atoms with Crippen molar-refractivity contribution in [1.29, 1.82) is 0 Å². The van der Waals surface area contributed by atoms with Crippen LogP contribution in [0.15, 0.2) is 0 Å². The number of hydrogen-bond acceptors (Lipinski definition) is 4. The zero-order valence-corrected chi connectivity index (χ0v) is 14.2. The summed E-state index contributed by atoms with van der Waals surface area (Å²) in [5, 5.41) is 8.87. The van der Waals surface area contributed by atoms with Crippen LogP contribution >= 0.6 is 0 Å². The Kier molecular flexibility index (Phi) is 5.81. The number of carbonyl (C=O) groups is 1. The van der Waals surface area contributed by atoms with Crippen LogP contribution in [0.3, 0.4) is 0 Å². The molecule has 128 valence electrons. The van der Waals surface area contributed by atoms with E-state index >= 15 is 0 Å². The van der Waals surface area contributed by atoms with E-state index in [1.54, 1.807) is 4.31 Å². The van der Waals surface area contributed by atoms with E-state index in [4.69, 9.17) is 5.11 Å². The Morgan fingerprint density at radius 1 is 1.41 bits per heavy atom. The third kappa shape index (κ3) is 4.41. The number of aliphatic carboxylic acids is 1. The molecule has 0 radical (unpaired) electrons. The number of nitrogens with one attached hydrogen (secondary N) is 1. The average molecular weight is 333 g/mol. The van der Waals surface area contributed by atoms with E-state index in [1.165, 1.54) is 0 Å². The summed E-state index contributed by atoms with van der Waals surface area (Å²) in [6.45, 7) is 5.87. The number of carboxylic acids is 1. The van der Waals surface area contributed by atoms with E-state index in [0.717, 1.165) is 12.8 Å². The summed E-state index contributed by atoms with van der Waals surface area (Å²) in [7, 11) is -3.41. The van der Waals surface area contributed by atoms with Gasteiger partial charge in [-0.2, -0.15) is 17.4 Å². The largest absolute Gasteiger partial charge is 0.480 e. The van der Waals surface area contributed by atoms with Crippen molar-refractivity contribution in [1.82, 2.24) is 13.9 Å². The Morgan fingerprint density at radius 2 is 2.09 bits per heavy atom. The molecule has 0 amide bonds. The highest BCUT2D eigenvalue weighted by molar-refractivity contribution is 7.87. The minimum absolute atomic E-state index is 0.0181. The lowest BCUT2D eigenvalue weighted by Crippen LogP contribution is -2.57. The molecule has 8 heteroatoms. The minimum atomic E-state index is -3.41. The fourth-order valence-electron chi connectivity index (χ4n) is 3.30. The number of carboxylic acid groups (broad SMARTS) is 1. The van der Waals surface area contributed by atoms with E-state index in [0.29, 0.717) is 38.4 Å². The molecule has 7 nitrogen and oxygen atoms in total. The van der Waals surface area contributed by atoms with Crippen molar-refractivity contribution in [2.24, 2.45) is 5.92 Å². The van der Waals surface area contributed by atoms with Gasteiger partial charge in [0.15, 0.2) is 0 Å². The van der Waals surface area contributed by atoms with Crippen molar-refractivity contribution < 1.29 is 18.3 Å². The van der Waals surface area contributed by atoms with Gasteiger partial charge in [0.1, 0.15) is 0 Å². The monoisotopic (exact) mass is 333 g/mol. The summed E-state index contributed by atoms with van der Waals surface area (Å²) in [6, 6.07) is 0.0872. The Labute approximate surface area is 132 Å². The zero-order valence-electron chi connectivity index (χ0n) is 13.4. The molecule has 0 spiro atoms. The highest BCUT2D eigenvalue weighted by atomic mass is 32.2. The molecule has 1 aliphatic heterocycles. The molecule has 0 aromatic carbocycles. The van der Waals surface area contributed by atoms with Crippen LogP contribution in [-0.2, 0) is 15.0 Å². The topological polar surface area (TPSA) is 90.0 Å². The maximum absolute atomic E-state index is 12.4. The van der Waals surface area contributed by atoms with E-state index in [2.05, 4.69) is 11.6 Å². The number of rotatable bonds is 7. The first kappa shape index (κ1) is 17.7. The maximum Gasteiger partial charge on any atom is 0.317 e. The molecule has 0 aromatic rings. The van der Waals surface area contributed by atoms with Crippen LogP contribution in [0.1, 0.15) is 39.5 Å². The molecule has 2 rings (SSSR count). The minimum Gasteiger partial charge on any atom is -0.480 e. The Morgan fingerprint density at radius 3 is 2.64 bits per heavy atom. The van der Waals surface area contributed by atoms with Crippen molar-refractivity contribution >= 4 is 16.2 Å². The Balaban J connectivity index is 1.82. The maximum atomic E-state index is 12.4. The summed E-state index contributed by atoms with van der Waals surface area (Å²) in [5.41, 5.74) is 0. The van der Waals surface area contributed by atoms with Gasteiger partial charge in [-0.05, 0) is 38.1 Å². The molecule has 0 bridgehead atoms. The second kappa shape index (κ2) is 7.25. The van der Waals surface area contributed by atoms with Crippen molar-refractivity contribution in [3.8, 4) is 0 Å². The lowest BCUT2D eigenvalue weighted by atomic mass is 9.86. The third-order valence-corrected chi connectivity index (χ3v) is 6.29. The molecule has 2 fully saturated rings. The fourth-order valence-corrected chi connectivity index (χ4v) is 4.89. The van der Waals surface area contributed by atoms with E-state index < -0.39 is 16.2 Å². The van der Waals surface area contributed by atoms with Crippen molar-refractivity contribution in [2.45, 2.75) is 51.6 Å². The average Bonchev–Trinajstić information content (AvgIpc) is 2.40. The predicted molar refractivity (Wildman–Crippen MR) is 83.7 cm³/mol. The van der Waals surface area contributed by atoms with Gasteiger partial charge in [0.2, 0.25) is 0 Å². The smallest absolute Gasteiger partial charge is 0.317 e. The molecule has 0 aromatic heterocycles. The molecule has 1 atom stereocenters. The van der Waals surface area contributed by atoms with Crippen LogP contribution in [-0.4, -0.2) is 67.0 Å². The van der Waals surface area contributed by atoms with Crippen LogP contribution in [0, 0.1) is 5.92 Å². The standard InChI is InChI=1S/C14H27N3O4S/c1-3-16(10-14(18)19)13-7-12(8-13)15-22(20,21)17-6-4-5-11(2)9-17/h11-13,15H,3-10H2,1-2H3,(H,18,19). The lowest BCUT2D eigenvalue weighted by Gasteiger charge is -2.43. The van der Waals surface area contributed by atoms with E-state index in [9.17, 15) is 13.2 Å². The van der Waals surface area contributed by atoms with Crippen molar-refractivity contribution in [3.05, 3.63) is 0 Å². The van der Waals surface area contributed by atoms with Crippen LogP contribution in [0.4, 0.5) is 0 Å². The van der Waals surface area contributed by atoms with Crippen molar-refractivity contribution in [3.63, 3.8) is 0 Å². The number of nitrogens with zero attached hydrogens (tertiary/aromatic N) is 2. The van der Waals surface area contributed by atoms with Gasteiger partial charge in [0.25, 0.3) is 10.2 Å². The van der Waals surface area contributed by atoms with Gasteiger partial charge in [0, 0.05) is 25.2 Å². The predicted octanol–water partition coefficient (Wildman–Crippen LogP) is 0.490. The molecule has 1 saturated carbocycles. The molecule has 1 saturated heterocycles. The molecule has 2 N–H and O–H groups in total. The van der Waals surface area contributed by atoms with Crippen LogP contribution in [0.25, 0.3) is 0 Å². The Bertz CT molecular complexity index is 490. The molecule has 1 unspecified atom stereocenters. The quantitative estimate of drug-likeness (QED) is 0.708. The first-order chi connectivity index (χ1) is 10.3. The molecule has 22 heavy (non-hydrogen) atoms. The first-order valence-corrected chi connectivity index (χ1v) is 9.49. The van der Waals surface area contributed by atoms with Gasteiger partial charge in [0.05, 0.1) is 6.54 Å². The molecule has 1 aliphatic carbocycles. The second-order valence-corrected chi connectivity index (χ2v) is 8.21. The van der Waals surface area contributed by atoms with Crippen LogP contribution < -0.4 is 4.72 Å². The third-order valence-electron chi connectivity index (χ3n) is 4.65. The molecular formula is C14H27N3O4S. The van der Waals surface area contributed by atoms with Gasteiger partial charge in [-0.1, -0.05) is 13.8 Å². The normalized spacial score (nSPS) is 30.2. The van der Waals surface area contributed by atoms with Gasteiger partial charge >= 0.3 is 5.97 Å². The fraction of sp³-hybridized carbons (Fsp3) is 0.929. The molecule has 1 heterocycles. The summed E-state index contributed by atoms with van der Waals surface area (Å²) in [6.07, 6.45) is 3.36. The van der Waals surface area contributed by atoms with Gasteiger partial charge in [-0.25, -0.2) is 0 Å². The summed E-state index contributed by atoms with van der Waals surface area (Å²) in [4.78, 5) is 12.7. The summed E-state index contributed by atoms with van der Waals surface area (Å²) >= 11 is 0. The number of likely N-dealkylation sites (N-methyl/N-ethyl adjacent to an activating group) is 1. The summed E-state index contributed by atoms with van der Waals surface area (Å²) in [5.74, 6) is -0.432. The van der Waals surface area contributed by atoms with Gasteiger partial charge < -0.3 is 5.11 Å². The van der Waals surface area contributed by atoms with Gasteiger partial charge in [-0.15, -0.1) is 0 Å². The SMILES string of the molecule is CCN(CC(=O)O)C1CC(NS(=O)(=O)N2CCCC(C)C2)C1. The highest BCUT2D eigenvalue weighted by Crippen LogP contribution is 2.27. The lowest BCUT2D eigenvalue weighted by molar-refractivity contribution is -0.139. The Hall–Kier alpha value is -0.700. The summed E-state index contributed by atoms with van der Waals surface area (Å²) < 4.78 is 29.0. The van der Waals surface area contributed by atoms with E-state index in [1.807, 2.05) is 11.8 Å². The highest BCUT2D eigenvalue weighted by Gasteiger charge is 2.38. The van der Waals surface area contributed by atoms with E-state index in [-0.39, 0.29) is 18.6 Å². The zero-order chi connectivity index (χ0) is 16.3. The molecule has 2 aliphatic rings. The van der Waals surface area contributed by atoms with Crippen LogP contribution in [0.2, 0.25) is 0 Å². The number of piperidine rings is 1. The van der Waals surface area contributed by atoms with Gasteiger partial charge in [-0.3, -0.25) is 9.69 Å².